The second-order valence-corrected chi connectivity index (χ2v) is 4.43. The molecule has 0 amide bonds. The maximum atomic E-state index is 5.07. The van der Waals surface area contributed by atoms with Gasteiger partial charge in [-0.3, -0.25) is 0 Å². The lowest BCUT2D eigenvalue weighted by molar-refractivity contribution is 0.184. The van der Waals surface area contributed by atoms with Crippen LogP contribution in [0, 0.1) is 13.8 Å². The molecule has 1 atom stereocenters. The van der Waals surface area contributed by atoms with Crippen molar-refractivity contribution in [2.75, 3.05) is 13.7 Å². The molecule has 0 saturated heterocycles. The molecular formula is C14H23NO. The zero-order chi connectivity index (χ0) is 12.0. The van der Waals surface area contributed by atoms with E-state index in [1.54, 1.807) is 7.11 Å². The minimum Gasteiger partial charge on any atom is -0.385 e. The molecule has 0 heterocycles. The first kappa shape index (κ1) is 13.2. The van der Waals surface area contributed by atoms with Crippen molar-refractivity contribution in [1.82, 2.24) is 5.32 Å². The Balaban J connectivity index is 2.48. The van der Waals surface area contributed by atoms with Gasteiger partial charge in [0.1, 0.15) is 0 Å². The highest BCUT2D eigenvalue weighted by Gasteiger charge is 2.04. The Morgan fingerprint density at radius 3 is 2.44 bits per heavy atom. The number of nitrogens with one attached hydrogen (secondary N) is 1. The van der Waals surface area contributed by atoms with Crippen LogP contribution in [0.4, 0.5) is 0 Å². The van der Waals surface area contributed by atoms with Gasteiger partial charge in [-0.15, -0.1) is 0 Å². The molecule has 2 heteroatoms. The van der Waals surface area contributed by atoms with Gasteiger partial charge in [-0.25, -0.2) is 0 Å². The van der Waals surface area contributed by atoms with Crippen molar-refractivity contribution in [2.45, 2.75) is 39.8 Å². The van der Waals surface area contributed by atoms with E-state index in [0.29, 0.717) is 6.04 Å². The van der Waals surface area contributed by atoms with E-state index in [1.165, 1.54) is 16.7 Å². The topological polar surface area (TPSA) is 21.3 Å². The van der Waals surface area contributed by atoms with Gasteiger partial charge >= 0.3 is 0 Å². The van der Waals surface area contributed by atoms with Gasteiger partial charge in [0.2, 0.25) is 0 Å². The molecule has 2 nitrogen and oxygen atoms in total. The van der Waals surface area contributed by atoms with Crippen LogP contribution >= 0.6 is 0 Å². The maximum Gasteiger partial charge on any atom is 0.0476 e. The predicted molar refractivity (Wildman–Crippen MR) is 68.7 cm³/mol. The predicted octanol–water partition coefficient (Wildman–Crippen LogP) is 2.82. The van der Waals surface area contributed by atoms with Gasteiger partial charge in [0.15, 0.2) is 0 Å². The van der Waals surface area contributed by atoms with E-state index in [0.717, 1.165) is 19.6 Å². The lowest BCUT2D eigenvalue weighted by Crippen LogP contribution is -2.27. The standard InChI is InChI=1S/C14H23NO/c1-11-6-5-7-12(2)14(11)10-15-13(3)8-9-16-4/h5-7,13,15H,8-10H2,1-4H3. The van der Waals surface area contributed by atoms with Crippen LogP contribution in [-0.4, -0.2) is 19.8 Å². The molecule has 0 bridgehead atoms. The second kappa shape index (κ2) is 6.66. The molecule has 0 aliphatic rings. The zero-order valence-electron chi connectivity index (χ0n) is 10.8. The number of hydrogen-bond donors (Lipinski definition) is 1. The van der Waals surface area contributed by atoms with Crippen LogP contribution < -0.4 is 5.32 Å². The van der Waals surface area contributed by atoms with Gasteiger partial charge in [-0.05, 0) is 43.9 Å². The van der Waals surface area contributed by atoms with Crippen LogP contribution in [-0.2, 0) is 11.3 Å². The van der Waals surface area contributed by atoms with E-state index in [-0.39, 0.29) is 0 Å². The minimum absolute atomic E-state index is 0.499. The Morgan fingerprint density at radius 1 is 1.25 bits per heavy atom. The third-order valence-corrected chi connectivity index (χ3v) is 3.03. The van der Waals surface area contributed by atoms with E-state index in [1.807, 2.05) is 0 Å². The van der Waals surface area contributed by atoms with Crippen LogP contribution in [0.3, 0.4) is 0 Å². The molecule has 0 aliphatic heterocycles. The molecule has 0 saturated carbocycles. The molecule has 1 N–H and O–H groups in total. The molecule has 0 spiro atoms. The summed E-state index contributed by atoms with van der Waals surface area (Å²) in [6.45, 7) is 8.31. The van der Waals surface area contributed by atoms with E-state index >= 15 is 0 Å². The zero-order valence-corrected chi connectivity index (χ0v) is 10.8. The Bertz CT molecular complexity index is 302. The van der Waals surface area contributed by atoms with Gasteiger partial charge in [-0.1, -0.05) is 18.2 Å². The second-order valence-electron chi connectivity index (χ2n) is 4.43. The monoisotopic (exact) mass is 221 g/mol. The van der Waals surface area contributed by atoms with Crippen molar-refractivity contribution in [3.05, 3.63) is 34.9 Å². The summed E-state index contributed by atoms with van der Waals surface area (Å²) >= 11 is 0. The third kappa shape index (κ3) is 3.95. The van der Waals surface area contributed by atoms with Crippen molar-refractivity contribution < 1.29 is 4.74 Å². The highest BCUT2D eigenvalue weighted by atomic mass is 16.5. The SMILES string of the molecule is COCCC(C)NCc1c(C)cccc1C. The highest BCUT2D eigenvalue weighted by molar-refractivity contribution is 5.33. The summed E-state index contributed by atoms with van der Waals surface area (Å²) in [7, 11) is 1.75. The first-order chi connectivity index (χ1) is 7.65. The molecule has 16 heavy (non-hydrogen) atoms. The van der Waals surface area contributed by atoms with E-state index < -0.39 is 0 Å². The van der Waals surface area contributed by atoms with Gasteiger partial charge in [0.25, 0.3) is 0 Å². The molecule has 1 rings (SSSR count). The quantitative estimate of drug-likeness (QED) is 0.797. The van der Waals surface area contributed by atoms with Gasteiger partial charge in [-0.2, -0.15) is 0 Å². The fourth-order valence-electron chi connectivity index (χ4n) is 1.80. The molecule has 0 radical (unpaired) electrons. The summed E-state index contributed by atoms with van der Waals surface area (Å²) in [6, 6.07) is 6.95. The van der Waals surface area contributed by atoms with Crippen molar-refractivity contribution in [2.24, 2.45) is 0 Å². The molecule has 1 aromatic rings. The third-order valence-electron chi connectivity index (χ3n) is 3.03. The lowest BCUT2D eigenvalue weighted by atomic mass is 10.0. The van der Waals surface area contributed by atoms with E-state index in [4.69, 9.17) is 4.74 Å². The van der Waals surface area contributed by atoms with Crippen LogP contribution in [0.5, 0.6) is 0 Å². The summed E-state index contributed by atoms with van der Waals surface area (Å²) in [5.74, 6) is 0. The van der Waals surface area contributed by atoms with Crippen molar-refractivity contribution in [3.8, 4) is 0 Å². The van der Waals surface area contributed by atoms with E-state index in [9.17, 15) is 0 Å². The first-order valence-electron chi connectivity index (χ1n) is 5.92. The smallest absolute Gasteiger partial charge is 0.0476 e. The van der Waals surface area contributed by atoms with E-state index in [2.05, 4.69) is 44.3 Å². The largest absolute Gasteiger partial charge is 0.385 e. The molecule has 1 aromatic carbocycles. The Morgan fingerprint density at radius 2 is 1.88 bits per heavy atom. The summed E-state index contributed by atoms with van der Waals surface area (Å²) in [5.41, 5.74) is 4.16. The van der Waals surface area contributed by atoms with Crippen molar-refractivity contribution >= 4 is 0 Å². The molecule has 0 aliphatic carbocycles. The molecular weight excluding hydrogens is 198 g/mol. The number of methoxy groups -OCH3 is 1. The molecule has 1 unspecified atom stereocenters. The van der Waals surface area contributed by atoms with Gasteiger partial charge < -0.3 is 10.1 Å². The fourth-order valence-corrected chi connectivity index (χ4v) is 1.80. The van der Waals surface area contributed by atoms with Crippen LogP contribution in [0.2, 0.25) is 0 Å². The lowest BCUT2D eigenvalue weighted by Gasteiger charge is -2.16. The summed E-state index contributed by atoms with van der Waals surface area (Å²) in [6.07, 6.45) is 1.06. The molecule has 90 valence electrons. The van der Waals surface area contributed by atoms with Gasteiger partial charge in [0.05, 0.1) is 0 Å². The summed E-state index contributed by atoms with van der Waals surface area (Å²) in [5, 5.41) is 3.54. The Labute approximate surface area is 99.0 Å². The Kier molecular flexibility index (Phi) is 5.50. The van der Waals surface area contributed by atoms with Gasteiger partial charge in [0, 0.05) is 26.3 Å². The number of aryl methyl sites for hydroxylation is 2. The fraction of sp³-hybridized carbons (Fsp3) is 0.571. The summed E-state index contributed by atoms with van der Waals surface area (Å²) < 4.78 is 5.07. The van der Waals surface area contributed by atoms with Crippen LogP contribution in [0.15, 0.2) is 18.2 Å². The number of benzene rings is 1. The summed E-state index contributed by atoms with van der Waals surface area (Å²) in [4.78, 5) is 0. The van der Waals surface area contributed by atoms with Crippen LogP contribution in [0.25, 0.3) is 0 Å². The average Bonchev–Trinajstić information content (AvgIpc) is 2.25. The van der Waals surface area contributed by atoms with Crippen molar-refractivity contribution in [3.63, 3.8) is 0 Å². The van der Waals surface area contributed by atoms with Crippen LogP contribution in [0.1, 0.15) is 30.0 Å². The average molecular weight is 221 g/mol. The minimum atomic E-state index is 0.499. The number of rotatable bonds is 6. The van der Waals surface area contributed by atoms with Crippen molar-refractivity contribution in [1.29, 1.82) is 0 Å². The number of ether oxygens (including phenoxy) is 1. The molecule has 0 fully saturated rings. The number of hydrogen-bond acceptors (Lipinski definition) is 2. The molecule has 0 aromatic heterocycles. The first-order valence-corrected chi connectivity index (χ1v) is 5.92. The normalized spacial score (nSPS) is 12.8. The Hall–Kier alpha value is -0.860. The maximum absolute atomic E-state index is 5.07. The highest BCUT2D eigenvalue weighted by Crippen LogP contribution is 2.13.